The highest BCUT2D eigenvalue weighted by molar-refractivity contribution is 4.99. The Bertz CT molecular complexity index is 276. The van der Waals surface area contributed by atoms with Crippen molar-refractivity contribution in [3.63, 3.8) is 0 Å². The van der Waals surface area contributed by atoms with Gasteiger partial charge in [-0.3, -0.25) is 4.90 Å². The molecule has 0 aromatic carbocycles. The average Bonchev–Trinajstić information content (AvgIpc) is 2.31. The van der Waals surface area contributed by atoms with Crippen LogP contribution in [0, 0.1) is 0 Å². The maximum Gasteiger partial charge on any atom is 0.0634 e. The van der Waals surface area contributed by atoms with E-state index < -0.39 is 0 Å². The van der Waals surface area contributed by atoms with Gasteiger partial charge in [0, 0.05) is 37.8 Å². The Labute approximate surface area is 113 Å². The zero-order valence-corrected chi connectivity index (χ0v) is 13.4. The van der Waals surface area contributed by atoms with Gasteiger partial charge in [0.2, 0.25) is 0 Å². The van der Waals surface area contributed by atoms with Crippen LogP contribution >= 0.6 is 0 Å². The Morgan fingerprint density at radius 1 is 1.28 bits per heavy atom. The molecule has 18 heavy (non-hydrogen) atoms. The number of methoxy groups -OCH3 is 1. The number of ether oxygens (including phenoxy) is 1. The fraction of sp³-hybridized carbons (Fsp3) is 1.00. The topological polar surface area (TPSA) is 24.5 Å². The Kier molecular flexibility index (Phi) is 4.85. The summed E-state index contributed by atoms with van der Waals surface area (Å²) in [4.78, 5) is 2.64. The maximum absolute atomic E-state index is 5.54. The number of rotatable bonds is 5. The van der Waals surface area contributed by atoms with Gasteiger partial charge in [-0.2, -0.15) is 0 Å². The normalized spacial score (nSPS) is 29.5. The van der Waals surface area contributed by atoms with Crippen LogP contribution in [0.3, 0.4) is 0 Å². The molecule has 0 radical (unpaired) electrons. The lowest BCUT2D eigenvalue weighted by Crippen LogP contribution is -2.67. The molecule has 1 atom stereocenters. The zero-order chi connectivity index (χ0) is 14.0. The molecule has 1 aliphatic heterocycles. The minimum Gasteiger partial charge on any atom is -0.379 e. The van der Waals surface area contributed by atoms with Gasteiger partial charge in [0.25, 0.3) is 0 Å². The Balaban J connectivity index is 2.68. The van der Waals surface area contributed by atoms with E-state index >= 15 is 0 Å². The smallest absolute Gasteiger partial charge is 0.0634 e. The zero-order valence-electron chi connectivity index (χ0n) is 13.4. The molecule has 1 N–H and O–H groups in total. The predicted octanol–water partition coefficient (Wildman–Crippen LogP) is 2.65. The van der Waals surface area contributed by atoms with Gasteiger partial charge in [-0.05, 0) is 47.5 Å². The van der Waals surface area contributed by atoms with E-state index in [1.807, 2.05) is 0 Å². The molecule has 3 heteroatoms. The highest BCUT2D eigenvalue weighted by Gasteiger charge is 2.39. The van der Waals surface area contributed by atoms with Crippen LogP contribution in [0.2, 0.25) is 0 Å². The van der Waals surface area contributed by atoms with Crippen molar-refractivity contribution in [1.29, 1.82) is 0 Å². The van der Waals surface area contributed by atoms with Crippen molar-refractivity contribution >= 4 is 0 Å². The van der Waals surface area contributed by atoms with E-state index in [-0.39, 0.29) is 16.7 Å². The molecule has 1 fully saturated rings. The average molecular weight is 256 g/mol. The van der Waals surface area contributed by atoms with Crippen molar-refractivity contribution in [1.82, 2.24) is 10.2 Å². The van der Waals surface area contributed by atoms with Crippen molar-refractivity contribution in [2.24, 2.45) is 0 Å². The third-order valence-corrected chi connectivity index (χ3v) is 4.60. The number of piperazine rings is 1. The van der Waals surface area contributed by atoms with E-state index in [9.17, 15) is 0 Å². The summed E-state index contributed by atoms with van der Waals surface area (Å²) < 4.78 is 5.54. The first kappa shape index (κ1) is 15.9. The summed E-state index contributed by atoms with van der Waals surface area (Å²) in [5.74, 6) is 0. The number of nitrogens with one attached hydrogen (secondary N) is 1. The summed E-state index contributed by atoms with van der Waals surface area (Å²) in [5.41, 5.74) is 0.467. The van der Waals surface area contributed by atoms with Crippen molar-refractivity contribution in [2.45, 2.75) is 71.1 Å². The van der Waals surface area contributed by atoms with Crippen LogP contribution < -0.4 is 5.32 Å². The van der Waals surface area contributed by atoms with Crippen molar-refractivity contribution in [3.8, 4) is 0 Å². The molecule has 0 aromatic rings. The van der Waals surface area contributed by atoms with Crippen LogP contribution in [0.1, 0.15) is 54.4 Å². The van der Waals surface area contributed by atoms with Crippen LogP contribution in [0.4, 0.5) is 0 Å². The Morgan fingerprint density at radius 3 is 2.39 bits per heavy atom. The van der Waals surface area contributed by atoms with Gasteiger partial charge in [0.15, 0.2) is 0 Å². The van der Waals surface area contributed by atoms with Crippen LogP contribution in [0.5, 0.6) is 0 Å². The van der Waals surface area contributed by atoms with E-state index in [0.29, 0.717) is 0 Å². The highest BCUT2D eigenvalue weighted by atomic mass is 16.5. The maximum atomic E-state index is 5.54. The predicted molar refractivity (Wildman–Crippen MR) is 78.1 cm³/mol. The van der Waals surface area contributed by atoms with Gasteiger partial charge < -0.3 is 10.1 Å². The second-order valence-corrected chi connectivity index (χ2v) is 7.22. The first-order chi connectivity index (χ1) is 8.14. The lowest BCUT2D eigenvalue weighted by molar-refractivity contribution is -0.0234. The quantitative estimate of drug-likeness (QED) is 0.818. The molecule has 0 amide bonds. The van der Waals surface area contributed by atoms with Gasteiger partial charge in [-0.1, -0.05) is 6.92 Å². The van der Waals surface area contributed by atoms with Gasteiger partial charge in [-0.15, -0.1) is 0 Å². The molecule has 3 nitrogen and oxygen atoms in total. The summed E-state index contributed by atoms with van der Waals surface area (Å²) in [7, 11) is 1.81. The van der Waals surface area contributed by atoms with Crippen molar-refractivity contribution in [3.05, 3.63) is 0 Å². The standard InChI is InChI=1S/C15H32N2O/c1-8-15(6)11-16-13(2,3)12-17(15)10-9-14(4,5)18-7/h16H,8-12H2,1-7H3. The highest BCUT2D eigenvalue weighted by Crippen LogP contribution is 2.28. The molecule has 0 aliphatic carbocycles. The summed E-state index contributed by atoms with van der Waals surface area (Å²) in [6, 6.07) is 0. The van der Waals surface area contributed by atoms with E-state index in [1.165, 1.54) is 6.42 Å². The minimum absolute atomic E-state index is 0.0241. The van der Waals surface area contributed by atoms with Gasteiger partial charge >= 0.3 is 0 Å². The Hall–Kier alpha value is -0.120. The third kappa shape index (κ3) is 3.94. The van der Waals surface area contributed by atoms with Crippen LogP contribution in [-0.4, -0.2) is 48.3 Å². The van der Waals surface area contributed by atoms with Gasteiger partial charge in [0.1, 0.15) is 0 Å². The lowest BCUT2D eigenvalue weighted by atomic mass is 9.87. The number of hydrogen-bond acceptors (Lipinski definition) is 3. The van der Waals surface area contributed by atoms with Crippen molar-refractivity contribution in [2.75, 3.05) is 26.7 Å². The van der Waals surface area contributed by atoms with E-state index in [0.717, 1.165) is 26.1 Å². The largest absolute Gasteiger partial charge is 0.379 e. The van der Waals surface area contributed by atoms with E-state index in [4.69, 9.17) is 4.74 Å². The molecule has 1 saturated heterocycles. The summed E-state index contributed by atoms with van der Waals surface area (Å²) in [6.07, 6.45) is 2.26. The fourth-order valence-corrected chi connectivity index (χ4v) is 2.47. The second-order valence-electron chi connectivity index (χ2n) is 7.22. The molecule has 1 aliphatic rings. The number of hydrogen-bond donors (Lipinski definition) is 1. The fourth-order valence-electron chi connectivity index (χ4n) is 2.47. The Morgan fingerprint density at radius 2 is 1.89 bits per heavy atom. The molecule has 0 spiro atoms. The SMILES string of the molecule is CCC1(C)CNC(C)(C)CN1CCC(C)(C)OC. The summed E-state index contributed by atoms with van der Waals surface area (Å²) in [6.45, 7) is 16.9. The van der Waals surface area contributed by atoms with Gasteiger partial charge in [0.05, 0.1) is 5.60 Å². The molecule has 1 rings (SSSR count). The first-order valence-electron chi connectivity index (χ1n) is 7.19. The molecule has 1 heterocycles. The molecule has 108 valence electrons. The van der Waals surface area contributed by atoms with Crippen LogP contribution in [0.15, 0.2) is 0 Å². The lowest BCUT2D eigenvalue weighted by Gasteiger charge is -2.51. The molecule has 0 aromatic heterocycles. The second kappa shape index (κ2) is 5.48. The van der Waals surface area contributed by atoms with Crippen LogP contribution in [0.25, 0.3) is 0 Å². The minimum atomic E-state index is -0.0241. The van der Waals surface area contributed by atoms with E-state index in [2.05, 4.69) is 51.8 Å². The van der Waals surface area contributed by atoms with Crippen molar-refractivity contribution < 1.29 is 4.74 Å². The molecule has 0 bridgehead atoms. The first-order valence-corrected chi connectivity index (χ1v) is 7.19. The molecule has 0 saturated carbocycles. The molecule has 1 unspecified atom stereocenters. The van der Waals surface area contributed by atoms with Crippen LogP contribution in [-0.2, 0) is 4.74 Å². The molecular formula is C15H32N2O. The molecular weight excluding hydrogens is 224 g/mol. The third-order valence-electron chi connectivity index (χ3n) is 4.60. The van der Waals surface area contributed by atoms with E-state index in [1.54, 1.807) is 7.11 Å². The monoisotopic (exact) mass is 256 g/mol. The number of nitrogens with zero attached hydrogens (tertiary/aromatic N) is 1. The summed E-state index contributed by atoms with van der Waals surface area (Å²) in [5, 5.41) is 3.67. The van der Waals surface area contributed by atoms with Gasteiger partial charge in [-0.25, -0.2) is 0 Å². The summed E-state index contributed by atoms with van der Waals surface area (Å²) >= 11 is 0.